The van der Waals surface area contributed by atoms with Crippen LogP contribution in [0.2, 0.25) is 0 Å². The van der Waals surface area contributed by atoms with Crippen LogP contribution in [-0.4, -0.2) is 63.2 Å². The van der Waals surface area contributed by atoms with Gasteiger partial charge >= 0.3 is 5.97 Å². The van der Waals surface area contributed by atoms with Crippen molar-refractivity contribution < 1.29 is 38.4 Å². The Hall–Kier alpha value is -3.40. The number of carbonyl (C=O) groups excluding carboxylic acids is 2. The molecule has 1 saturated heterocycles. The number of aliphatic hydroxyl groups is 1. The zero-order chi connectivity index (χ0) is 28.4. The molecule has 0 aromatic heterocycles. The van der Waals surface area contributed by atoms with E-state index in [0.29, 0.717) is 29.2 Å². The molecule has 2 aliphatic heterocycles. The van der Waals surface area contributed by atoms with Gasteiger partial charge in [-0.3, -0.25) is 4.79 Å². The molecule has 9 heteroatoms. The fraction of sp³-hybridized carbons (Fsp3) is 0.467. The van der Waals surface area contributed by atoms with Crippen molar-refractivity contribution in [1.82, 2.24) is 0 Å². The fourth-order valence-corrected chi connectivity index (χ4v) is 4.98. The molecule has 2 heterocycles. The average molecular weight is 540 g/mol. The standard InChI is InChI=1S/C30H37NO8/c1-28(2)15-16-29(3,39-18-28)14-13-19-7-12-22-24(25(19)38-17-23(32)36-5)30(34,26(37-6)27(33)31-22)20-8-10-21(35-4)11-9-20/h7-14,26,34H,15-18H2,1-6H3,(H,31,33)/b14-13+. The van der Waals surface area contributed by atoms with E-state index in [4.69, 9.17) is 23.7 Å². The first-order valence-electron chi connectivity index (χ1n) is 12.9. The molecule has 0 aliphatic carbocycles. The summed E-state index contributed by atoms with van der Waals surface area (Å²) >= 11 is 0. The molecule has 2 aliphatic rings. The second kappa shape index (κ2) is 11.0. The number of anilines is 1. The van der Waals surface area contributed by atoms with Gasteiger partial charge in [0.25, 0.3) is 5.91 Å². The molecule has 2 aromatic rings. The van der Waals surface area contributed by atoms with Crippen LogP contribution in [0, 0.1) is 5.41 Å². The van der Waals surface area contributed by atoms with Gasteiger partial charge in [0.05, 0.1) is 37.7 Å². The van der Waals surface area contributed by atoms with Crippen LogP contribution in [0.3, 0.4) is 0 Å². The Bertz CT molecular complexity index is 1240. The SMILES string of the molecule is COC(=O)COc1c(/C=C/C2(C)CCC(C)(C)CO2)ccc2c1C(O)(c1ccc(OC)cc1)C(OC)C(=O)N2. The minimum Gasteiger partial charge on any atom is -0.497 e. The Labute approximate surface area is 229 Å². The lowest BCUT2D eigenvalue weighted by atomic mass is 9.76. The number of nitrogens with one attached hydrogen (secondary N) is 1. The zero-order valence-electron chi connectivity index (χ0n) is 23.3. The lowest BCUT2D eigenvalue weighted by Gasteiger charge is -2.41. The number of rotatable bonds is 8. The molecule has 3 unspecified atom stereocenters. The van der Waals surface area contributed by atoms with Crippen LogP contribution in [-0.2, 0) is 29.4 Å². The van der Waals surface area contributed by atoms with Crippen LogP contribution >= 0.6 is 0 Å². The molecular formula is C30H37NO8. The third-order valence-electron chi connectivity index (χ3n) is 7.48. The lowest BCUT2D eigenvalue weighted by Crippen LogP contribution is -2.53. The quantitative estimate of drug-likeness (QED) is 0.483. The summed E-state index contributed by atoms with van der Waals surface area (Å²) in [7, 11) is 4.16. The molecule has 0 bridgehead atoms. The minimum atomic E-state index is -1.96. The molecule has 3 atom stereocenters. The molecule has 0 saturated carbocycles. The predicted molar refractivity (Wildman–Crippen MR) is 146 cm³/mol. The Kier molecular flexibility index (Phi) is 8.07. The summed E-state index contributed by atoms with van der Waals surface area (Å²) in [6.07, 6.45) is 4.36. The number of hydrogen-bond acceptors (Lipinski definition) is 8. The number of fused-ring (bicyclic) bond motifs is 1. The van der Waals surface area contributed by atoms with E-state index in [1.54, 1.807) is 43.5 Å². The highest BCUT2D eigenvalue weighted by atomic mass is 16.6. The fourth-order valence-electron chi connectivity index (χ4n) is 4.98. The maximum atomic E-state index is 13.1. The number of esters is 1. The zero-order valence-corrected chi connectivity index (χ0v) is 23.3. The molecule has 4 rings (SSSR count). The van der Waals surface area contributed by atoms with E-state index in [2.05, 4.69) is 19.2 Å². The average Bonchev–Trinajstić information content (AvgIpc) is 2.92. The van der Waals surface area contributed by atoms with Gasteiger partial charge in [-0.25, -0.2) is 4.79 Å². The maximum Gasteiger partial charge on any atom is 0.343 e. The van der Waals surface area contributed by atoms with Gasteiger partial charge in [0.15, 0.2) is 18.3 Å². The summed E-state index contributed by atoms with van der Waals surface area (Å²) in [5.74, 6) is -0.312. The summed E-state index contributed by atoms with van der Waals surface area (Å²) in [5.41, 5.74) is -0.767. The molecular weight excluding hydrogens is 502 g/mol. The van der Waals surface area contributed by atoms with E-state index in [9.17, 15) is 14.7 Å². The number of ether oxygens (including phenoxy) is 5. The molecule has 9 nitrogen and oxygen atoms in total. The minimum absolute atomic E-state index is 0.107. The summed E-state index contributed by atoms with van der Waals surface area (Å²) in [6.45, 7) is 6.61. The molecule has 0 spiro atoms. The maximum absolute atomic E-state index is 13.1. The number of methoxy groups -OCH3 is 3. The Balaban J connectivity index is 1.87. The van der Waals surface area contributed by atoms with Gasteiger partial charge in [0.1, 0.15) is 11.5 Å². The van der Waals surface area contributed by atoms with Crippen LogP contribution in [0.1, 0.15) is 50.3 Å². The number of amides is 1. The van der Waals surface area contributed by atoms with Gasteiger partial charge in [-0.05, 0) is 55.0 Å². The third kappa shape index (κ3) is 5.66. The van der Waals surface area contributed by atoms with E-state index < -0.39 is 35.8 Å². The summed E-state index contributed by atoms with van der Waals surface area (Å²) < 4.78 is 27.8. The first-order chi connectivity index (χ1) is 18.5. The first kappa shape index (κ1) is 28.6. The molecule has 2 aromatic carbocycles. The molecule has 39 heavy (non-hydrogen) atoms. The normalized spacial score (nSPS) is 26.0. The van der Waals surface area contributed by atoms with Crippen molar-refractivity contribution in [3.8, 4) is 11.5 Å². The first-order valence-corrected chi connectivity index (χ1v) is 12.9. The van der Waals surface area contributed by atoms with Crippen LogP contribution in [0.25, 0.3) is 6.08 Å². The summed E-state index contributed by atoms with van der Waals surface area (Å²) in [5, 5.41) is 15.2. The van der Waals surface area contributed by atoms with Crippen LogP contribution in [0.4, 0.5) is 5.69 Å². The molecule has 210 valence electrons. The van der Waals surface area contributed by atoms with Crippen molar-refractivity contribution in [1.29, 1.82) is 0 Å². The van der Waals surface area contributed by atoms with Crippen molar-refractivity contribution in [3.63, 3.8) is 0 Å². The van der Waals surface area contributed by atoms with Crippen molar-refractivity contribution >= 4 is 23.6 Å². The van der Waals surface area contributed by atoms with Gasteiger partial charge in [-0.1, -0.05) is 38.1 Å². The van der Waals surface area contributed by atoms with Crippen LogP contribution < -0.4 is 14.8 Å². The van der Waals surface area contributed by atoms with Gasteiger partial charge in [0, 0.05) is 12.7 Å². The number of carbonyl (C=O) groups is 2. The smallest absolute Gasteiger partial charge is 0.343 e. The highest BCUT2D eigenvalue weighted by Gasteiger charge is 2.52. The highest BCUT2D eigenvalue weighted by molar-refractivity contribution is 6.00. The molecule has 0 radical (unpaired) electrons. The van der Waals surface area contributed by atoms with E-state index in [-0.39, 0.29) is 16.7 Å². The third-order valence-corrected chi connectivity index (χ3v) is 7.48. The second-order valence-corrected chi connectivity index (χ2v) is 11.0. The van der Waals surface area contributed by atoms with Crippen molar-refractivity contribution in [3.05, 3.63) is 59.2 Å². The highest BCUT2D eigenvalue weighted by Crippen LogP contribution is 2.49. The monoisotopic (exact) mass is 539 g/mol. The molecule has 2 N–H and O–H groups in total. The number of hydrogen-bond donors (Lipinski definition) is 2. The van der Waals surface area contributed by atoms with Gasteiger partial charge < -0.3 is 34.1 Å². The van der Waals surface area contributed by atoms with Gasteiger partial charge in [-0.2, -0.15) is 0 Å². The van der Waals surface area contributed by atoms with E-state index in [1.165, 1.54) is 14.2 Å². The van der Waals surface area contributed by atoms with Crippen molar-refractivity contribution in [2.45, 2.75) is 50.9 Å². The van der Waals surface area contributed by atoms with Crippen molar-refractivity contribution in [2.24, 2.45) is 5.41 Å². The molecule has 1 fully saturated rings. The largest absolute Gasteiger partial charge is 0.497 e. The van der Waals surface area contributed by atoms with E-state index >= 15 is 0 Å². The topological polar surface area (TPSA) is 113 Å². The van der Waals surface area contributed by atoms with Crippen LogP contribution in [0.15, 0.2) is 42.5 Å². The Morgan fingerprint density at radius 1 is 1.10 bits per heavy atom. The Morgan fingerprint density at radius 3 is 2.41 bits per heavy atom. The van der Waals surface area contributed by atoms with Gasteiger partial charge in [0.2, 0.25) is 0 Å². The van der Waals surface area contributed by atoms with Gasteiger partial charge in [-0.15, -0.1) is 0 Å². The molecule has 1 amide bonds. The van der Waals surface area contributed by atoms with E-state index in [0.717, 1.165) is 12.8 Å². The van der Waals surface area contributed by atoms with Crippen molar-refractivity contribution in [2.75, 3.05) is 39.9 Å². The van der Waals surface area contributed by atoms with E-state index in [1.807, 2.05) is 19.1 Å². The summed E-state index contributed by atoms with van der Waals surface area (Å²) in [4.78, 5) is 25.2. The number of benzene rings is 2. The summed E-state index contributed by atoms with van der Waals surface area (Å²) in [6, 6.07) is 10.2. The van der Waals surface area contributed by atoms with Crippen LogP contribution in [0.5, 0.6) is 11.5 Å². The predicted octanol–water partition coefficient (Wildman–Crippen LogP) is 4.06. The Morgan fingerprint density at radius 2 is 1.82 bits per heavy atom. The second-order valence-electron chi connectivity index (χ2n) is 11.0. The lowest BCUT2D eigenvalue weighted by molar-refractivity contribution is -0.144.